The largest absolute Gasteiger partial charge is 0.496 e. The zero-order valence-corrected chi connectivity index (χ0v) is 10.8. The maximum Gasteiger partial charge on any atom is 0.125 e. The number of anilines is 1. The van der Waals surface area contributed by atoms with Crippen LogP contribution >= 0.6 is 0 Å². The highest BCUT2D eigenvalue weighted by molar-refractivity contribution is 5.48. The molecule has 0 fully saturated rings. The molecule has 2 rings (SSSR count). The van der Waals surface area contributed by atoms with Crippen LogP contribution in [0.3, 0.4) is 0 Å². The Hall–Kier alpha value is -2.20. The second kappa shape index (κ2) is 6.11. The van der Waals surface area contributed by atoms with Crippen molar-refractivity contribution in [3.05, 3.63) is 53.6 Å². The number of para-hydroxylation sites is 1. The van der Waals surface area contributed by atoms with E-state index in [0.29, 0.717) is 18.0 Å². The molecule has 0 amide bonds. The Morgan fingerprint density at radius 1 is 1.05 bits per heavy atom. The smallest absolute Gasteiger partial charge is 0.125 e. The highest BCUT2D eigenvalue weighted by Gasteiger charge is 2.06. The molecule has 0 aliphatic carbocycles. The van der Waals surface area contributed by atoms with Crippen LogP contribution in [0.5, 0.6) is 11.5 Å². The number of methoxy groups -OCH3 is 1. The van der Waals surface area contributed by atoms with Crippen LogP contribution in [0.15, 0.2) is 42.5 Å². The van der Waals surface area contributed by atoms with Crippen molar-refractivity contribution in [2.45, 2.75) is 13.2 Å². The Labute approximate surface area is 112 Å². The number of benzene rings is 2. The van der Waals surface area contributed by atoms with Crippen molar-refractivity contribution >= 4 is 5.69 Å². The van der Waals surface area contributed by atoms with Crippen LogP contribution in [-0.4, -0.2) is 12.2 Å². The quantitative estimate of drug-likeness (QED) is 0.809. The lowest BCUT2D eigenvalue weighted by Crippen LogP contribution is -2.01. The Balaban J connectivity index is 2.16. The van der Waals surface area contributed by atoms with Gasteiger partial charge in [-0.2, -0.15) is 0 Å². The molecule has 0 spiro atoms. The summed E-state index contributed by atoms with van der Waals surface area (Å²) in [6.07, 6.45) is 0. The zero-order valence-electron chi connectivity index (χ0n) is 10.8. The van der Waals surface area contributed by atoms with Gasteiger partial charge in [0.2, 0.25) is 0 Å². The molecule has 0 saturated carbocycles. The summed E-state index contributed by atoms with van der Waals surface area (Å²) in [6.45, 7) is 0.287. The molecule has 0 bridgehead atoms. The number of hydrogen-bond donors (Lipinski definition) is 2. The first-order chi connectivity index (χ1) is 9.24. The molecule has 0 aromatic heterocycles. The van der Waals surface area contributed by atoms with Gasteiger partial charge < -0.3 is 20.3 Å². The molecule has 0 aliphatic heterocycles. The highest BCUT2D eigenvalue weighted by atomic mass is 16.5. The van der Waals surface area contributed by atoms with Crippen LogP contribution in [0, 0.1) is 0 Å². The summed E-state index contributed by atoms with van der Waals surface area (Å²) in [4.78, 5) is 0. The van der Waals surface area contributed by atoms with Gasteiger partial charge in [-0.25, -0.2) is 0 Å². The average Bonchev–Trinajstić information content (AvgIpc) is 2.45. The molecule has 2 aromatic rings. The summed E-state index contributed by atoms with van der Waals surface area (Å²) < 4.78 is 11.0. The van der Waals surface area contributed by atoms with Gasteiger partial charge in [-0.15, -0.1) is 0 Å². The molecular formula is C15H17NO3. The zero-order chi connectivity index (χ0) is 13.7. The standard InChI is InChI=1S/C15H17NO3/c1-18-14-7-6-13(16)8-12(14)10-19-15-5-3-2-4-11(15)9-17/h2-8,17H,9-10,16H2,1H3. The van der Waals surface area contributed by atoms with Crippen molar-refractivity contribution in [2.75, 3.05) is 12.8 Å². The molecule has 0 unspecified atom stereocenters. The molecule has 0 saturated heterocycles. The van der Waals surface area contributed by atoms with Gasteiger partial charge in [0.05, 0.1) is 13.7 Å². The van der Waals surface area contributed by atoms with E-state index < -0.39 is 0 Å². The Morgan fingerprint density at radius 2 is 1.84 bits per heavy atom. The third-order valence-electron chi connectivity index (χ3n) is 2.83. The van der Waals surface area contributed by atoms with E-state index in [1.54, 1.807) is 13.2 Å². The molecule has 0 aliphatic rings. The predicted octanol–water partition coefficient (Wildman–Crippen LogP) is 2.35. The third kappa shape index (κ3) is 3.17. The van der Waals surface area contributed by atoms with Crippen molar-refractivity contribution < 1.29 is 14.6 Å². The van der Waals surface area contributed by atoms with Gasteiger partial charge in [-0.1, -0.05) is 18.2 Å². The topological polar surface area (TPSA) is 64.7 Å². The second-order valence-corrected chi connectivity index (χ2v) is 4.13. The first-order valence-electron chi connectivity index (χ1n) is 5.98. The van der Waals surface area contributed by atoms with E-state index in [0.717, 1.165) is 16.9 Å². The Kier molecular flexibility index (Phi) is 4.26. The number of ether oxygens (including phenoxy) is 2. The number of aliphatic hydroxyl groups is 1. The molecule has 0 radical (unpaired) electrons. The van der Waals surface area contributed by atoms with E-state index in [1.165, 1.54) is 0 Å². The Bertz CT molecular complexity index is 555. The number of hydrogen-bond acceptors (Lipinski definition) is 4. The summed E-state index contributed by atoms with van der Waals surface area (Å²) in [7, 11) is 1.61. The predicted molar refractivity (Wildman–Crippen MR) is 74.1 cm³/mol. The fourth-order valence-electron chi connectivity index (χ4n) is 1.84. The van der Waals surface area contributed by atoms with Gasteiger partial charge in [-0.3, -0.25) is 0 Å². The minimum absolute atomic E-state index is 0.0514. The number of nitrogens with two attached hydrogens (primary N) is 1. The molecule has 2 aromatic carbocycles. The van der Waals surface area contributed by atoms with E-state index in [-0.39, 0.29) is 6.61 Å². The molecule has 19 heavy (non-hydrogen) atoms. The minimum Gasteiger partial charge on any atom is -0.496 e. The molecular weight excluding hydrogens is 242 g/mol. The van der Waals surface area contributed by atoms with Crippen LogP contribution in [-0.2, 0) is 13.2 Å². The van der Waals surface area contributed by atoms with E-state index in [9.17, 15) is 5.11 Å². The number of aliphatic hydroxyl groups excluding tert-OH is 1. The Morgan fingerprint density at radius 3 is 2.58 bits per heavy atom. The van der Waals surface area contributed by atoms with Crippen LogP contribution in [0.2, 0.25) is 0 Å². The van der Waals surface area contributed by atoms with Crippen molar-refractivity contribution in [3.8, 4) is 11.5 Å². The highest BCUT2D eigenvalue weighted by Crippen LogP contribution is 2.24. The average molecular weight is 259 g/mol. The summed E-state index contributed by atoms with van der Waals surface area (Å²) >= 11 is 0. The molecule has 4 nitrogen and oxygen atoms in total. The van der Waals surface area contributed by atoms with Gasteiger partial charge in [-0.05, 0) is 24.3 Å². The van der Waals surface area contributed by atoms with Gasteiger partial charge in [0, 0.05) is 16.8 Å². The molecule has 100 valence electrons. The first-order valence-corrected chi connectivity index (χ1v) is 5.98. The third-order valence-corrected chi connectivity index (χ3v) is 2.83. The van der Waals surface area contributed by atoms with E-state index in [1.807, 2.05) is 36.4 Å². The summed E-state index contributed by atoms with van der Waals surface area (Å²) in [5.41, 5.74) is 8.04. The minimum atomic E-state index is -0.0514. The van der Waals surface area contributed by atoms with Crippen LogP contribution in [0.1, 0.15) is 11.1 Å². The van der Waals surface area contributed by atoms with Crippen LogP contribution in [0.25, 0.3) is 0 Å². The van der Waals surface area contributed by atoms with E-state index in [2.05, 4.69) is 0 Å². The van der Waals surface area contributed by atoms with Crippen molar-refractivity contribution in [3.63, 3.8) is 0 Å². The van der Waals surface area contributed by atoms with Crippen LogP contribution in [0.4, 0.5) is 5.69 Å². The van der Waals surface area contributed by atoms with Crippen molar-refractivity contribution in [2.24, 2.45) is 0 Å². The number of nitrogen functional groups attached to an aromatic ring is 1. The summed E-state index contributed by atoms with van der Waals surface area (Å²) in [5.74, 6) is 1.39. The summed E-state index contributed by atoms with van der Waals surface area (Å²) in [6, 6.07) is 12.8. The maximum atomic E-state index is 9.24. The van der Waals surface area contributed by atoms with Crippen LogP contribution < -0.4 is 15.2 Å². The van der Waals surface area contributed by atoms with Gasteiger partial charge in [0.25, 0.3) is 0 Å². The van der Waals surface area contributed by atoms with Crippen molar-refractivity contribution in [1.29, 1.82) is 0 Å². The second-order valence-electron chi connectivity index (χ2n) is 4.13. The SMILES string of the molecule is COc1ccc(N)cc1COc1ccccc1CO. The lowest BCUT2D eigenvalue weighted by atomic mass is 10.2. The molecule has 4 heteroatoms. The van der Waals surface area contributed by atoms with E-state index >= 15 is 0 Å². The molecule has 0 atom stereocenters. The number of rotatable bonds is 5. The van der Waals surface area contributed by atoms with Gasteiger partial charge >= 0.3 is 0 Å². The monoisotopic (exact) mass is 259 g/mol. The van der Waals surface area contributed by atoms with Gasteiger partial charge in [0.15, 0.2) is 0 Å². The lowest BCUT2D eigenvalue weighted by Gasteiger charge is -2.13. The summed E-state index contributed by atoms with van der Waals surface area (Å²) in [5, 5.41) is 9.24. The normalized spacial score (nSPS) is 10.2. The fourth-order valence-corrected chi connectivity index (χ4v) is 1.84. The molecule has 0 heterocycles. The van der Waals surface area contributed by atoms with Gasteiger partial charge in [0.1, 0.15) is 18.1 Å². The van der Waals surface area contributed by atoms with Crippen molar-refractivity contribution in [1.82, 2.24) is 0 Å². The molecule has 3 N–H and O–H groups in total. The van der Waals surface area contributed by atoms with E-state index in [4.69, 9.17) is 15.2 Å². The lowest BCUT2D eigenvalue weighted by molar-refractivity contribution is 0.257. The maximum absolute atomic E-state index is 9.24. The first kappa shape index (κ1) is 13.2. The fraction of sp³-hybridized carbons (Fsp3) is 0.200.